The van der Waals surface area contributed by atoms with Gasteiger partial charge in [0, 0.05) is 6.54 Å². The lowest BCUT2D eigenvalue weighted by atomic mass is 10.1. The van der Waals surface area contributed by atoms with Gasteiger partial charge in [-0.15, -0.1) is 0 Å². The first kappa shape index (κ1) is 18.0. The number of carbonyl (C=O) groups excluding carboxylic acids is 1. The van der Waals surface area contributed by atoms with E-state index in [2.05, 4.69) is 10.0 Å². The third kappa shape index (κ3) is 4.81. The van der Waals surface area contributed by atoms with E-state index < -0.39 is 10.0 Å². The van der Waals surface area contributed by atoms with Crippen LogP contribution in [0, 0.1) is 6.92 Å². The van der Waals surface area contributed by atoms with Gasteiger partial charge in [-0.2, -0.15) is 0 Å². The highest BCUT2D eigenvalue weighted by molar-refractivity contribution is 7.88. The molecule has 128 valence electrons. The third-order valence-electron chi connectivity index (χ3n) is 3.51. The minimum atomic E-state index is -3.34. The molecule has 0 radical (unpaired) electrons. The Morgan fingerprint density at radius 1 is 1.12 bits per heavy atom. The Balaban J connectivity index is 2.05. The number of hydrogen-bond donors (Lipinski definition) is 3. The first-order valence-corrected chi connectivity index (χ1v) is 9.03. The highest BCUT2D eigenvalue weighted by Gasteiger charge is 2.12. The van der Waals surface area contributed by atoms with Gasteiger partial charge in [0.25, 0.3) is 5.91 Å². The van der Waals surface area contributed by atoms with Crippen LogP contribution in [-0.2, 0) is 22.3 Å². The van der Waals surface area contributed by atoms with Gasteiger partial charge in [0.15, 0.2) is 0 Å². The van der Waals surface area contributed by atoms with Crippen LogP contribution in [0.3, 0.4) is 0 Å². The molecule has 2 rings (SSSR count). The van der Waals surface area contributed by atoms with Gasteiger partial charge in [-0.05, 0) is 42.8 Å². The zero-order valence-corrected chi connectivity index (χ0v) is 14.4. The number of phenols is 1. The molecule has 0 aliphatic heterocycles. The minimum Gasteiger partial charge on any atom is -0.507 e. The Morgan fingerprint density at radius 2 is 1.83 bits per heavy atom. The quantitative estimate of drug-likeness (QED) is 0.740. The van der Waals surface area contributed by atoms with Gasteiger partial charge in [-0.25, -0.2) is 13.1 Å². The normalized spacial score (nSPS) is 11.2. The van der Waals surface area contributed by atoms with Crippen LogP contribution in [0.1, 0.15) is 27.0 Å². The first-order chi connectivity index (χ1) is 11.3. The summed E-state index contributed by atoms with van der Waals surface area (Å²) >= 11 is 0. The maximum Gasteiger partial charge on any atom is 0.255 e. The highest BCUT2D eigenvalue weighted by Crippen LogP contribution is 2.18. The van der Waals surface area contributed by atoms with E-state index in [4.69, 9.17) is 0 Å². The van der Waals surface area contributed by atoms with Crippen molar-refractivity contribution in [2.75, 3.05) is 7.05 Å². The van der Waals surface area contributed by atoms with E-state index >= 15 is 0 Å². The number of rotatable bonds is 6. The van der Waals surface area contributed by atoms with Gasteiger partial charge in [-0.1, -0.05) is 30.3 Å². The van der Waals surface area contributed by atoms with Crippen molar-refractivity contribution in [3.63, 3.8) is 0 Å². The number of nitrogens with one attached hydrogen (secondary N) is 2. The monoisotopic (exact) mass is 348 g/mol. The average Bonchev–Trinajstić information content (AvgIpc) is 2.52. The van der Waals surface area contributed by atoms with Crippen molar-refractivity contribution in [1.29, 1.82) is 0 Å². The smallest absolute Gasteiger partial charge is 0.255 e. The molecule has 0 fully saturated rings. The molecule has 0 heterocycles. The van der Waals surface area contributed by atoms with Gasteiger partial charge in [0.2, 0.25) is 10.0 Å². The molecule has 3 N–H and O–H groups in total. The zero-order valence-electron chi connectivity index (χ0n) is 13.5. The van der Waals surface area contributed by atoms with Crippen LogP contribution in [0.2, 0.25) is 0 Å². The van der Waals surface area contributed by atoms with Crippen LogP contribution < -0.4 is 10.0 Å². The average molecular weight is 348 g/mol. The third-order valence-corrected chi connectivity index (χ3v) is 4.85. The molecule has 0 bridgehead atoms. The van der Waals surface area contributed by atoms with E-state index in [1.807, 2.05) is 6.92 Å². The van der Waals surface area contributed by atoms with Crippen LogP contribution in [0.5, 0.6) is 5.75 Å². The highest BCUT2D eigenvalue weighted by atomic mass is 32.2. The molecular formula is C17H20N2O4S. The van der Waals surface area contributed by atoms with E-state index in [-0.39, 0.29) is 29.5 Å². The molecule has 1 amide bonds. The maximum absolute atomic E-state index is 12.1. The molecular weight excluding hydrogens is 328 g/mol. The van der Waals surface area contributed by atoms with E-state index in [9.17, 15) is 18.3 Å². The van der Waals surface area contributed by atoms with E-state index in [0.717, 1.165) is 11.1 Å². The molecule has 2 aromatic carbocycles. The summed E-state index contributed by atoms with van der Waals surface area (Å²) in [6.07, 6.45) is 0. The number of sulfonamides is 1. The summed E-state index contributed by atoms with van der Waals surface area (Å²) in [4.78, 5) is 12.1. The van der Waals surface area contributed by atoms with Crippen molar-refractivity contribution >= 4 is 15.9 Å². The molecule has 0 spiro atoms. The van der Waals surface area contributed by atoms with Gasteiger partial charge < -0.3 is 10.4 Å². The maximum atomic E-state index is 12.1. The van der Waals surface area contributed by atoms with Gasteiger partial charge in [-0.3, -0.25) is 4.79 Å². The van der Waals surface area contributed by atoms with E-state index in [1.165, 1.54) is 13.1 Å². The summed E-state index contributed by atoms with van der Waals surface area (Å²) < 4.78 is 25.4. The summed E-state index contributed by atoms with van der Waals surface area (Å²) in [5, 5.41) is 12.5. The molecule has 0 aliphatic rings. The van der Waals surface area contributed by atoms with Crippen LogP contribution in [0.25, 0.3) is 0 Å². The Kier molecular flexibility index (Phi) is 5.58. The molecule has 7 heteroatoms. The van der Waals surface area contributed by atoms with Crippen molar-refractivity contribution in [3.8, 4) is 5.75 Å². The second-order valence-electron chi connectivity index (χ2n) is 5.49. The molecule has 0 atom stereocenters. The fourth-order valence-corrected chi connectivity index (χ4v) is 2.99. The summed E-state index contributed by atoms with van der Waals surface area (Å²) in [5.74, 6) is -0.577. The van der Waals surface area contributed by atoms with Crippen molar-refractivity contribution in [2.45, 2.75) is 19.2 Å². The number of aryl methyl sites for hydroxylation is 1. The second-order valence-corrected chi connectivity index (χ2v) is 7.41. The molecule has 24 heavy (non-hydrogen) atoms. The molecule has 0 aliphatic carbocycles. The Bertz CT molecular complexity index is 847. The van der Waals surface area contributed by atoms with Crippen LogP contribution in [0.4, 0.5) is 0 Å². The van der Waals surface area contributed by atoms with Crippen LogP contribution in [-0.4, -0.2) is 26.5 Å². The predicted molar refractivity (Wildman–Crippen MR) is 92.1 cm³/mol. The standard InChI is InChI=1S/C17H20N2O4S/c1-12-6-7-15(16(20)8-12)17(21)19-10-13-4-3-5-14(9-13)11-24(22,23)18-2/h3-9,18,20H,10-11H2,1-2H3,(H,19,21). The lowest BCUT2D eigenvalue weighted by Crippen LogP contribution is -2.23. The predicted octanol–water partition coefficient (Wildman–Crippen LogP) is 1.68. The van der Waals surface area contributed by atoms with Crippen molar-refractivity contribution in [2.24, 2.45) is 0 Å². The topological polar surface area (TPSA) is 95.5 Å². The fourth-order valence-electron chi connectivity index (χ4n) is 2.23. The van der Waals surface area contributed by atoms with Crippen LogP contribution >= 0.6 is 0 Å². The molecule has 0 saturated carbocycles. The largest absolute Gasteiger partial charge is 0.507 e. The van der Waals surface area contributed by atoms with E-state index in [0.29, 0.717) is 5.56 Å². The summed E-state index contributed by atoms with van der Waals surface area (Å²) in [5.41, 5.74) is 2.48. The molecule has 2 aromatic rings. The van der Waals surface area contributed by atoms with Crippen molar-refractivity contribution < 1.29 is 18.3 Å². The molecule has 0 aromatic heterocycles. The molecule has 6 nitrogen and oxygen atoms in total. The number of amides is 1. The Morgan fingerprint density at radius 3 is 2.50 bits per heavy atom. The number of carbonyl (C=O) groups is 1. The number of benzene rings is 2. The lowest BCUT2D eigenvalue weighted by molar-refractivity contribution is 0.0948. The van der Waals surface area contributed by atoms with Crippen LogP contribution in [0.15, 0.2) is 42.5 Å². The lowest BCUT2D eigenvalue weighted by Gasteiger charge is -2.09. The zero-order chi connectivity index (χ0) is 17.7. The second kappa shape index (κ2) is 7.46. The number of phenolic OH excluding ortho intramolecular Hbond substituents is 1. The summed E-state index contributed by atoms with van der Waals surface area (Å²) in [6.45, 7) is 2.06. The Labute approximate surface area is 141 Å². The SMILES string of the molecule is CNS(=O)(=O)Cc1cccc(CNC(=O)c2ccc(C)cc2O)c1. The van der Waals surface area contributed by atoms with Gasteiger partial charge >= 0.3 is 0 Å². The molecule has 0 unspecified atom stereocenters. The van der Waals surface area contributed by atoms with Crippen molar-refractivity contribution in [3.05, 3.63) is 64.7 Å². The van der Waals surface area contributed by atoms with Crippen molar-refractivity contribution in [1.82, 2.24) is 10.0 Å². The van der Waals surface area contributed by atoms with Gasteiger partial charge in [0.05, 0.1) is 11.3 Å². The Hall–Kier alpha value is -2.38. The first-order valence-electron chi connectivity index (χ1n) is 7.37. The fraction of sp³-hybridized carbons (Fsp3) is 0.235. The summed E-state index contributed by atoms with van der Waals surface area (Å²) in [6, 6.07) is 11.8. The van der Waals surface area contributed by atoms with E-state index in [1.54, 1.807) is 36.4 Å². The number of aromatic hydroxyl groups is 1. The molecule has 0 saturated heterocycles. The summed E-state index contributed by atoms with van der Waals surface area (Å²) in [7, 11) is -1.98. The minimum absolute atomic E-state index is 0.0682. The van der Waals surface area contributed by atoms with Gasteiger partial charge in [0.1, 0.15) is 5.75 Å². The number of hydrogen-bond acceptors (Lipinski definition) is 4.